The van der Waals surface area contributed by atoms with Crippen molar-refractivity contribution in [1.82, 2.24) is 5.32 Å². The fourth-order valence-electron chi connectivity index (χ4n) is 1.69. The first-order valence-corrected chi connectivity index (χ1v) is 6.33. The lowest BCUT2D eigenvalue weighted by atomic mass is 10.1. The SMILES string of the molecule is COCCCCC(=O)NCC(O)c1ccccc1F. The summed E-state index contributed by atoms with van der Waals surface area (Å²) < 4.78 is 18.2. The number of benzene rings is 1. The minimum Gasteiger partial charge on any atom is -0.386 e. The number of amides is 1. The van der Waals surface area contributed by atoms with Gasteiger partial charge in [-0.25, -0.2) is 4.39 Å². The lowest BCUT2D eigenvalue weighted by molar-refractivity contribution is -0.121. The Kier molecular flexibility index (Phi) is 7.07. The van der Waals surface area contributed by atoms with Crippen LogP contribution in [0.1, 0.15) is 30.9 Å². The quantitative estimate of drug-likeness (QED) is 0.707. The number of halogens is 1. The van der Waals surface area contributed by atoms with Gasteiger partial charge < -0.3 is 15.2 Å². The van der Waals surface area contributed by atoms with Gasteiger partial charge in [-0.1, -0.05) is 18.2 Å². The van der Waals surface area contributed by atoms with E-state index in [0.717, 1.165) is 12.8 Å². The van der Waals surface area contributed by atoms with Gasteiger partial charge in [0, 0.05) is 32.2 Å². The molecule has 0 radical (unpaired) electrons. The Labute approximate surface area is 112 Å². The van der Waals surface area contributed by atoms with Crippen molar-refractivity contribution in [2.75, 3.05) is 20.3 Å². The number of carbonyl (C=O) groups is 1. The summed E-state index contributed by atoms with van der Waals surface area (Å²) in [5.74, 6) is -0.615. The maximum atomic E-state index is 13.4. The molecule has 1 amide bonds. The van der Waals surface area contributed by atoms with Gasteiger partial charge in [0.1, 0.15) is 5.82 Å². The molecule has 5 heteroatoms. The molecule has 1 rings (SSSR count). The Bertz CT molecular complexity index is 398. The van der Waals surface area contributed by atoms with Crippen molar-refractivity contribution in [3.63, 3.8) is 0 Å². The zero-order valence-electron chi connectivity index (χ0n) is 11.1. The smallest absolute Gasteiger partial charge is 0.220 e. The second kappa shape index (κ2) is 8.61. The summed E-state index contributed by atoms with van der Waals surface area (Å²) in [6.07, 6.45) is 0.909. The van der Waals surface area contributed by atoms with Gasteiger partial charge in [0.25, 0.3) is 0 Å². The number of hydrogen-bond acceptors (Lipinski definition) is 3. The Morgan fingerprint density at radius 3 is 2.84 bits per heavy atom. The molecule has 0 aliphatic carbocycles. The lowest BCUT2D eigenvalue weighted by Gasteiger charge is -2.13. The average Bonchev–Trinajstić information content (AvgIpc) is 2.41. The predicted molar refractivity (Wildman–Crippen MR) is 70.1 cm³/mol. The van der Waals surface area contributed by atoms with Crippen molar-refractivity contribution in [1.29, 1.82) is 0 Å². The van der Waals surface area contributed by atoms with Crippen LogP contribution in [0.25, 0.3) is 0 Å². The van der Waals surface area contributed by atoms with Crippen molar-refractivity contribution < 1.29 is 19.0 Å². The zero-order chi connectivity index (χ0) is 14.1. The van der Waals surface area contributed by atoms with E-state index < -0.39 is 11.9 Å². The van der Waals surface area contributed by atoms with Crippen molar-refractivity contribution in [2.45, 2.75) is 25.4 Å². The number of nitrogens with one attached hydrogen (secondary N) is 1. The minimum absolute atomic E-state index is 0.0179. The molecule has 0 aromatic heterocycles. The highest BCUT2D eigenvalue weighted by Gasteiger charge is 2.12. The summed E-state index contributed by atoms with van der Waals surface area (Å²) in [6.45, 7) is 0.648. The normalized spacial score (nSPS) is 12.2. The molecule has 4 nitrogen and oxygen atoms in total. The molecule has 0 heterocycles. The number of carbonyl (C=O) groups excluding carboxylic acids is 1. The van der Waals surface area contributed by atoms with E-state index >= 15 is 0 Å². The average molecular weight is 269 g/mol. The van der Waals surface area contributed by atoms with E-state index in [-0.39, 0.29) is 18.0 Å². The third-order valence-electron chi connectivity index (χ3n) is 2.76. The third-order valence-corrected chi connectivity index (χ3v) is 2.76. The Morgan fingerprint density at radius 1 is 1.42 bits per heavy atom. The van der Waals surface area contributed by atoms with Gasteiger partial charge in [0.15, 0.2) is 0 Å². The molecular weight excluding hydrogens is 249 g/mol. The number of aliphatic hydroxyl groups excluding tert-OH is 1. The van der Waals surface area contributed by atoms with Crippen molar-refractivity contribution >= 4 is 5.91 Å². The summed E-state index contributed by atoms with van der Waals surface area (Å²) in [6, 6.07) is 5.99. The molecule has 1 aromatic carbocycles. The van der Waals surface area contributed by atoms with Crippen LogP contribution >= 0.6 is 0 Å². The van der Waals surface area contributed by atoms with Crippen LogP contribution in [-0.2, 0) is 9.53 Å². The Morgan fingerprint density at radius 2 is 2.16 bits per heavy atom. The van der Waals surface area contributed by atoms with Crippen LogP contribution < -0.4 is 5.32 Å². The molecule has 106 valence electrons. The van der Waals surface area contributed by atoms with Gasteiger partial charge in [-0.2, -0.15) is 0 Å². The molecule has 0 saturated carbocycles. The lowest BCUT2D eigenvalue weighted by Crippen LogP contribution is -2.28. The topological polar surface area (TPSA) is 58.6 Å². The summed E-state index contributed by atoms with van der Waals surface area (Å²) in [5.41, 5.74) is 0.196. The molecule has 0 spiro atoms. The third kappa shape index (κ3) is 5.81. The van der Waals surface area contributed by atoms with Crippen LogP contribution in [-0.4, -0.2) is 31.3 Å². The van der Waals surface area contributed by atoms with Crippen molar-refractivity contribution in [3.05, 3.63) is 35.6 Å². The number of aliphatic hydroxyl groups is 1. The van der Waals surface area contributed by atoms with Crippen molar-refractivity contribution in [2.24, 2.45) is 0 Å². The van der Waals surface area contributed by atoms with Crippen LogP contribution in [0.2, 0.25) is 0 Å². The van der Waals surface area contributed by atoms with E-state index in [1.165, 1.54) is 12.1 Å². The first-order chi connectivity index (χ1) is 9.15. The largest absolute Gasteiger partial charge is 0.386 e. The minimum atomic E-state index is -1.02. The van der Waals surface area contributed by atoms with Gasteiger partial charge in [0.05, 0.1) is 6.10 Å². The highest BCUT2D eigenvalue weighted by atomic mass is 19.1. The van der Waals surface area contributed by atoms with E-state index in [0.29, 0.717) is 13.0 Å². The molecule has 1 unspecified atom stereocenters. The molecule has 0 saturated heterocycles. The van der Waals surface area contributed by atoms with Crippen LogP contribution in [0.5, 0.6) is 0 Å². The highest BCUT2D eigenvalue weighted by Crippen LogP contribution is 2.15. The monoisotopic (exact) mass is 269 g/mol. The van der Waals surface area contributed by atoms with E-state index in [9.17, 15) is 14.3 Å². The maximum absolute atomic E-state index is 13.4. The molecular formula is C14H20FNO3. The van der Waals surface area contributed by atoms with Crippen LogP contribution in [0.3, 0.4) is 0 Å². The second-order valence-corrected chi connectivity index (χ2v) is 4.29. The fourth-order valence-corrected chi connectivity index (χ4v) is 1.69. The van der Waals surface area contributed by atoms with E-state index in [4.69, 9.17) is 4.74 Å². The molecule has 2 N–H and O–H groups in total. The van der Waals surface area contributed by atoms with Gasteiger partial charge in [-0.3, -0.25) is 4.79 Å². The Hall–Kier alpha value is -1.46. The summed E-state index contributed by atoms with van der Waals surface area (Å²) >= 11 is 0. The van der Waals surface area contributed by atoms with Crippen molar-refractivity contribution in [3.8, 4) is 0 Å². The van der Waals surface area contributed by atoms with Crippen LogP contribution in [0.15, 0.2) is 24.3 Å². The molecule has 1 aromatic rings. The zero-order valence-corrected chi connectivity index (χ0v) is 11.1. The molecule has 0 aliphatic rings. The first-order valence-electron chi connectivity index (χ1n) is 6.33. The molecule has 0 fully saturated rings. The fraction of sp³-hybridized carbons (Fsp3) is 0.500. The number of methoxy groups -OCH3 is 1. The molecule has 0 bridgehead atoms. The van der Waals surface area contributed by atoms with Crippen LogP contribution in [0, 0.1) is 5.82 Å². The second-order valence-electron chi connectivity index (χ2n) is 4.29. The van der Waals surface area contributed by atoms with Crippen LogP contribution in [0.4, 0.5) is 4.39 Å². The molecule has 19 heavy (non-hydrogen) atoms. The number of unbranched alkanes of at least 4 members (excludes halogenated alkanes) is 1. The summed E-state index contributed by atoms with van der Waals surface area (Å²) in [4.78, 5) is 11.5. The first kappa shape index (κ1) is 15.6. The number of rotatable bonds is 8. The maximum Gasteiger partial charge on any atom is 0.220 e. The molecule has 1 atom stereocenters. The van der Waals surface area contributed by atoms with Gasteiger partial charge >= 0.3 is 0 Å². The summed E-state index contributed by atoms with van der Waals surface area (Å²) in [7, 11) is 1.62. The standard InChI is InChI=1S/C14H20FNO3/c1-19-9-5-4-8-14(18)16-10-13(17)11-6-2-3-7-12(11)15/h2-3,6-7,13,17H,4-5,8-10H2,1H3,(H,16,18). The highest BCUT2D eigenvalue weighted by molar-refractivity contribution is 5.75. The van der Waals surface area contributed by atoms with Gasteiger partial charge in [-0.15, -0.1) is 0 Å². The number of ether oxygens (including phenoxy) is 1. The van der Waals surface area contributed by atoms with E-state index in [1.807, 2.05) is 0 Å². The molecule has 0 aliphatic heterocycles. The van der Waals surface area contributed by atoms with E-state index in [2.05, 4.69) is 5.32 Å². The van der Waals surface area contributed by atoms with E-state index in [1.54, 1.807) is 19.2 Å². The number of hydrogen-bond donors (Lipinski definition) is 2. The Balaban J connectivity index is 2.28. The van der Waals surface area contributed by atoms with Gasteiger partial charge in [-0.05, 0) is 18.9 Å². The predicted octanol–water partition coefficient (Wildman–Crippen LogP) is 1.79. The van der Waals surface area contributed by atoms with Gasteiger partial charge in [0.2, 0.25) is 5.91 Å². The summed E-state index contributed by atoms with van der Waals surface area (Å²) in [5, 5.41) is 12.4.